The van der Waals surface area contributed by atoms with E-state index in [0.717, 1.165) is 29.2 Å². The molecule has 0 aliphatic carbocycles. The van der Waals surface area contributed by atoms with Crippen LogP contribution < -0.4 is 14.5 Å². The molecule has 0 saturated carbocycles. The Balaban J connectivity index is 1.95. The van der Waals surface area contributed by atoms with Gasteiger partial charge in [0.15, 0.2) is 0 Å². The van der Waals surface area contributed by atoms with E-state index in [1.54, 1.807) is 21.3 Å². The fraction of sp³-hybridized carbons (Fsp3) is 0.348. The molecular weight excluding hydrogens is 382 g/mol. The largest absolute Gasteiger partial charge is 0.497 e. The zero-order chi connectivity index (χ0) is 21.5. The van der Waals surface area contributed by atoms with Gasteiger partial charge in [-0.25, -0.2) is 0 Å². The Kier molecular flexibility index (Phi) is 7.19. The van der Waals surface area contributed by atoms with Gasteiger partial charge in [0.1, 0.15) is 17.4 Å². The highest BCUT2D eigenvalue weighted by molar-refractivity contribution is 6.32. The molecule has 0 bridgehead atoms. The van der Waals surface area contributed by atoms with Crippen molar-refractivity contribution in [3.8, 4) is 11.5 Å². The standard InChI is InChI=1S/C23H27N3O4/c1-16(24-14-5-15-28-2)21-22(17-6-10-19(29-3)11-7-17)25-26(23(21)27)18-8-12-20(30-4)13-9-18/h6-13,21H,5,14-15H2,1-4H3. The minimum Gasteiger partial charge on any atom is -0.497 e. The molecule has 1 amide bonds. The lowest BCUT2D eigenvalue weighted by Crippen LogP contribution is -2.32. The Hall–Kier alpha value is -3.19. The number of hydrazone groups is 1. The van der Waals surface area contributed by atoms with Crippen LogP contribution in [0.4, 0.5) is 5.69 Å². The van der Waals surface area contributed by atoms with Gasteiger partial charge in [0.05, 0.1) is 25.6 Å². The molecule has 7 heteroatoms. The summed E-state index contributed by atoms with van der Waals surface area (Å²) < 4.78 is 15.6. The summed E-state index contributed by atoms with van der Waals surface area (Å²) in [5.41, 5.74) is 2.95. The van der Waals surface area contributed by atoms with Gasteiger partial charge in [0.25, 0.3) is 5.91 Å². The van der Waals surface area contributed by atoms with Crippen LogP contribution >= 0.6 is 0 Å². The van der Waals surface area contributed by atoms with Crippen LogP contribution in [0.15, 0.2) is 58.6 Å². The van der Waals surface area contributed by atoms with Gasteiger partial charge in [0.2, 0.25) is 0 Å². The van der Waals surface area contributed by atoms with Crippen LogP contribution in [0.3, 0.4) is 0 Å². The van der Waals surface area contributed by atoms with Gasteiger partial charge in [-0.15, -0.1) is 0 Å². The number of aliphatic imine (C=N–C) groups is 1. The summed E-state index contributed by atoms with van der Waals surface area (Å²) in [5, 5.41) is 6.12. The second kappa shape index (κ2) is 10.0. The van der Waals surface area contributed by atoms with E-state index >= 15 is 0 Å². The molecule has 2 aromatic carbocycles. The number of methoxy groups -OCH3 is 3. The van der Waals surface area contributed by atoms with Crippen LogP contribution in [-0.2, 0) is 9.53 Å². The monoisotopic (exact) mass is 409 g/mol. The molecule has 1 heterocycles. The number of nitrogens with zero attached hydrogens (tertiary/aromatic N) is 3. The summed E-state index contributed by atoms with van der Waals surface area (Å²) >= 11 is 0. The number of carbonyl (C=O) groups excluding carboxylic acids is 1. The van der Waals surface area contributed by atoms with Crippen LogP contribution in [0, 0.1) is 5.92 Å². The van der Waals surface area contributed by atoms with Crippen molar-refractivity contribution in [2.75, 3.05) is 39.5 Å². The van der Waals surface area contributed by atoms with E-state index < -0.39 is 5.92 Å². The van der Waals surface area contributed by atoms with Gasteiger partial charge in [0, 0.05) is 26.0 Å². The maximum Gasteiger partial charge on any atom is 0.262 e. The van der Waals surface area contributed by atoms with E-state index in [0.29, 0.717) is 24.6 Å². The number of hydrogen-bond acceptors (Lipinski definition) is 6. The van der Waals surface area contributed by atoms with Crippen molar-refractivity contribution in [2.45, 2.75) is 13.3 Å². The molecular formula is C23H27N3O4. The van der Waals surface area contributed by atoms with Crippen molar-refractivity contribution < 1.29 is 19.0 Å². The van der Waals surface area contributed by atoms with E-state index in [9.17, 15) is 4.79 Å². The molecule has 0 fully saturated rings. The molecule has 1 atom stereocenters. The van der Waals surface area contributed by atoms with Crippen LogP contribution in [0.25, 0.3) is 0 Å². The number of anilines is 1. The van der Waals surface area contributed by atoms with Crippen molar-refractivity contribution in [2.24, 2.45) is 16.0 Å². The van der Waals surface area contributed by atoms with Gasteiger partial charge in [-0.05, 0) is 67.4 Å². The lowest BCUT2D eigenvalue weighted by molar-refractivity contribution is -0.118. The molecule has 0 radical (unpaired) electrons. The number of hydrogen-bond donors (Lipinski definition) is 0. The predicted octanol–water partition coefficient (Wildman–Crippen LogP) is 3.57. The smallest absolute Gasteiger partial charge is 0.262 e. The minimum absolute atomic E-state index is 0.126. The fourth-order valence-corrected chi connectivity index (χ4v) is 3.28. The average Bonchev–Trinajstić information content (AvgIpc) is 3.13. The number of benzene rings is 2. The first-order valence-corrected chi connectivity index (χ1v) is 9.80. The lowest BCUT2D eigenvalue weighted by atomic mass is 9.93. The molecule has 2 aromatic rings. The second-order valence-corrected chi connectivity index (χ2v) is 6.86. The van der Waals surface area contributed by atoms with Crippen LogP contribution in [-0.4, -0.2) is 51.8 Å². The van der Waals surface area contributed by atoms with Crippen molar-refractivity contribution in [1.29, 1.82) is 0 Å². The molecule has 3 rings (SSSR count). The molecule has 0 N–H and O–H groups in total. The molecule has 1 unspecified atom stereocenters. The van der Waals surface area contributed by atoms with Gasteiger partial charge in [-0.2, -0.15) is 10.1 Å². The van der Waals surface area contributed by atoms with Crippen LogP contribution in [0.5, 0.6) is 11.5 Å². The topological polar surface area (TPSA) is 72.7 Å². The Bertz CT molecular complexity index is 920. The molecule has 0 aromatic heterocycles. The second-order valence-electron chi connectivity index (χ2n) is 6.86. The summed E-state index contributed by atoms with van der Waals surface area (Å²) in [6, 6.07) is 14.8. The summed E-state index contributed by atoms with van der Waals surface area (Å²) in [4.78, 5) is 18.0. The first-order chi connectivity index (χ1) is 14.6. The van der Waals surface area contributed by atoms with Gasteiger partial charge < -0.3 is 14.2 Å². The summed E-state index contributed by atoms with van der Waals surface area (Å²) in [6.45, 7) is 3.11. The third-order valence-electron chi connectivity index (χ3n) is 4.93. The summed E-state index contributed by atoms with van der Waals surface area (Å²) in [5.74, 6) is 0.802. The highest BCUT2D eigenvalue weighted by Crippen LogP contribution is 2.29. The van der Waals surface area contributed by atoms with Gasteiger partial charge >= 0.3 is 0 Å². The first kappa shape index (κ1) is 21.5. The van der Waals surface area contributed by atoms with E-state index in [-0.39, 0.29) is 5.91 Å². The average molecular weight is 409 g/mol. The molecule has 0 spiro atoms. The normalized spacial score (nSPS) is 16.6. The van der Waals surface area contributed by atoms with E-state index in [1.165, 1.54) is 5.01 Å². The number of amides is 1. The zero-order valence-electron chi connectivity index (χ0n) is 17.8. The lowest BCUT2D eigenvalue weighted by Gasteiger charge is -2.15. The van der Waals surface area contributed by atoms with Crippen LogP contribution in [0.2, 0.25) is 0 Å². The molecule has 158 valence electrons. The summed E-state index contributed by atoms with van der Waals surface area (Å²) in [7, 11) is 4.89. The third-order valence-corrected chi connectivity index (χ3v) is 4.93. The Morgan fingerprint density at radius 3 is 2.17 bits per heavy atom. The Morgan fingerprint density at radius 1 is 1.00 bits per heavy atom. The van der Waals surface area contributed by atoms with E-state index in [1.807, 2.05) is 55.5 Å². The SMILES string of the molecule is COCCCN=C(C)C1C(=O)N(c2ccc(OC)cc2)N=C1c1ccc(OC)cc1. The Labute approximate surface area is 177 Å². The highest BCUT2D eigenvalue weighted by atomic mass is 16.5. The molecule has 1 aliphatic heterocycles. The van der Waals surface area contributed by atoms with Crippen molar-refractivity contribution in [3.63, 3.8) is 0 Å². The van der Waals surface area contributed by atoms with E-state index in [2.05, 4.69) is 10.1 Å². The van der Waals surface area contributed by atoms with Crippen molar-refractivity contribution >= 4 is 23.0 Å². The number of rotatable bonds is 9. The quantitative estimate of drug-likeness (QED) is 0.469. The third kappa shape index (κ3) is 4.68. The number of carbonyl (C=O) groups is 1. The zero-order valence-corrected chi connectivity index (χ0v) is 17.8. The minimum atomic E-state index is -0.539. The summed E-state index contributed by atoms with van der Waals surface area (Å²) in [6.07, 6.45) is 0.798. The van der Waals surface area contributed by atoms with E-state index in [4.69, 9.17) is 14.2 Å². The molecule has 1 aliphatic rings. The van der Waals surface area contributed by atoms with Crippen LogP contribution in [0.1, 0.15) is 18.9 Å². The predicted molar refractivity (Wildman–Crippen MR) is 118 cm³/mol. The molecule has 0 saturated heterocycles. The first-order valence-electron chi connectivity index (χ1n) is 9.80. The molecule has 7 nitrogen and oxygen atoms in total. The maximum absolute atomic E-state index is 13.3. The van der Waals surface area contributed by atoms with Crippen molar-refractivity contribution in [1.82, 2.24) is 0 Å². The number of ether oxygens (including phenoxy) is 3. The van der Waals surface area contributed by atoms with Gasteiger partial charge in [-0.3, -0.25) is 9.79 Å². The van der Waals surface area contributed by atoms with Crippen molar-refractivity contribution in [3.05, 3.63) is 54.1 Å². The molecule has 30 heavy (non-hydrogen) atoms. The maximum atomic E-state index is 13.3. The Morgan fingerprint density at radius 2 is 1.60 bits per heavy atom. The van der Waals surface area contributed by atoms with Gasteiger partial charge in [-0.1, -0.05) is 0 Å². The fourth-order valence-electron chi connectivity index (χ4n) is 3.28. The highest BCUT2D eigenvalue weighted by Gasteiger charge is 2.39.